The lowest BCUT2D eigenvalue weighted by atomic mass is 9.84. The molecule has 18 heavy (non-hydrogen) atoms. The molecule has 1 heterocycles. The van der Waals surface area contributed by atoms with Gasteiger partial charge in [-0.15, -0.1) is 0 Å². The zero-order valence-electron chi connectivity index (χ0n) is 11.3. The van der Waals surface area contributed by atoms with Gasteiger partial charge < -0.3 is 15.7 Å². The van der Waals surface area contributed by atoms with Crippen LogP contribution in [-0.2, 0) is 4.79 Å². The molecule has 1 amide bonds. The second-order valence-electron chi connectivity index (χ2n) is 5.98. The van der Waals surface area contributed by atoms with Crippen LogP contribution in [0.2, 0.25) is 0 Å². The predicted molar refractivity (Wildman–Crippen MR) is 71.2 cm³/mol. The summed E-state index contributed by atoms with van der Waals surface area (Å²) in [5, 5.41) is 15.8. The molecule has 0 aromatic heterocycles. The average molecular weight is 254 g/mol. The smallest absolute Gasteiger partial charge is 0.237 e. The topological polar surface area (TPSA) is 61.4 Å². The van der Waals surface area contributed by atoms with Crippen molar-refractivity contribution in [3.63, 3.8) is 0 Å². The highest BCUT2D eigenvalue weighted by Gasteiger charge is 2.30. The van der Waals surface area contributed by atoms with Gasteiger partial charge in [-0.25, -0.2) is 0 Å². The van der Waals surface area contributed by atoms with E-state index in [0.29, 0.717) is 5.92 Å². The summed E-state index contributed by atoms with van der Waals surface area (Å²) in [5.41, 5.74) is 0. The molecule has 4 heteroatoms. The summed E-state index contributed by atoms with van der Waals surface area (Å²) >= 11 is 0. The van der Waals surface area contributed by atoms with Crippen LogP contribution in [-0.4, -0.2) is 36.2 Å². The van der Waals surface area contributed by atoms with Gasteiger partial charge in [0.2, 0.25) is 5.91 Å². The van der Waals surface area contributed by atoms with Gasteiger partial charge in [-0.1, -0.05) is 19.8 Å². The first-order valence-corrected chi connectivity index (χ1v) is 7.35. The van der Waals surface area contributed by atoms with Gasteiger partial charge in [0.25, 0.3) is 0 Å². The largest absolute Gasteiger partial charge is 0.396 e. The van der Waals surface area contributed by atoms with E-state index in [9.17, 15) is 9.90 Å². The first kappa shape index (κ1) is 13.8. The number of rotatable bonds is 3. The molecule has 0 aromatic rings. The molecule has 2 rings (SSSR count). The highest BCUT2D eigenvalue weighted by Crippen LogP contribution is 2.24. The van der Waals surface area contributed by atoms with Crippen LogP contribution in [0, 0.1) is 11.8 Å². The van der Waals surface area contributed by atoms with Crippen LogP contribution in [0.4, 0.5) is 0 Å². The van der Waals surface area contributed by atoms with Gasteiger partial charge in [0.05, 0.1) is 6.04 Å². The van der Waals surface area contributed by atoms with Crippen molar-refractivity contribution < 1.29 is 9.90 Å². The lowest BCUT2D eigenvalue weighted by Gasteiger charge is -2.34. The maximum Gasteiger partial charge on any atom is 0.237 e. The monoisotopic (exact) mass is 254 g/mol. The first-order valence-electron chi connectivity index (χ1n) is 7.35. The third kappa shape index (κ3) is 3.45. The Balaban J connectivity index is 1.85. The van der Waals surface area contributed by atoms with Crippen molar-refractivity contribution >= 4 is 5.91 Å². The molecule has 4 atom stereocenters. The number of carbonyl (C=O) groups is 1. The second-order valence-corrected chi connectivity index (χ2v) is 5.98. The maximum atomic E-state index is 12.2. The normalized spacial score (nSPS) is 37.2. The van der Waals surface area contributed by atoms with E-state index in [1.165, 1.54) is 6.42 Å². The van der Waals surface area contributed by atoms with Gasteiger partial charge in [-0.3, -0.25) is 4.79 Å². The van der Waals surface area contributed by atoms with Crippen molar-refractivity contribution in [3.8, 4) is 0 Å². The molecule has 0 aromatic carbocycles. The molecule has 1 saturated heterocycles. The van der Waals surface area contributed by atoms with Gasteiger partial charge in [-0.05, 0) is 38.1 Å². The van der Waals surface area contributed by atoms with Crippen LogP contribution in [0.5, 0.6) is 0 Å². The standard InChI is InChI=1S/C14H26N2O2/c1-10-6-7-15-13(8-10)14(18)16-12-5-3-2-4-11(12)9-17/h10-13,15,17H,2-9H2,1H3,(H,16,18). The van der Waals surface area contributed by atoms with Gasteiger partial charge in [0.15, 0.2) is 0 Å². The molecular formula is C14H26N2O2. The van der Waals surface area contributed by atoms with Crippen molar-refractivity contribution in [2.75, 3.05) is 13.2 Å². The molecule has 0 radical (unpaired) electrons. The molecule has 104 valence electrons. The Labute approximate surface area is 110 Å². The van der Waals surface area contributed by atoms with E-state index in [1.807, 2.05) is 0 Å². The third-order valence-corrected chi connectivity index (χ3v) is 4.45. The Kier molecular flexibility index (Phi) is 5.01. The highest BCUT2D eigenvalue weighted by atomic mass is 16.3. The quantitative estimate of drug-likeness (QED) is 0.705. The SMILES string of the molecule is CC1CCNC(C(=O)NC2CCCCC2CO)C1. The molecule has 4 nitrogen and oxygen atoms in total. The number of aliphatic hydroxyl groups is 1. The van der Waals surface area contributed by atoms with E-state index >= 15 is 0 Å². The van der Waals surface area contributed by atoms with E-state index in [4.69, 9.17) is 0 Å². The van der Waals surface area contributed by atoms with Crippen molar-refractivity contribution in [3.05, 3.63) is 0 Å². The summed E-state index contributed by atoms with van der Waals surface area (Å²) in [6.07, 6.45) is 6.48. The van der Waals surface area contributed by atoms with Crippen LogP contribution >= 0.6 is 0 Å². The molecule has 0 bridgehead atoms. The summed E-state index contributed by atoms with van der Waals surface area (Å²) in [6, 6.07) is 0.144. The molecule has 3 N–H and O–H groups in total. The van der Waals surface area contributed by atoms with Crippen molar-refractivity contribution in [2.45, 2.75) is 57.5 Å². The van der Waals surface area contributed by atoms with Crippen LogP contribution < -0.4 is 10.6 Å². The van der Waals surface area contributed by atoms with E-state index in [1.54, 1.807) is 0 Å². The second kappa shape index (κ2) is 6.53. The number of nitrogens with one attached hydrogen (secondary N) is 2. The fourth-order valence-corrected chi connectivity index (χ4v) is 3.21. The molecule has 2 fully saturated rings. The fourth-order valence-electron chi connectivity index (χ4n) is 3.21. The minimum absolute atomic E-state index is 0.0324. The number of aliphatic hydroxyl groups excluding tert-OH is 1. The van der Waals surface area contributed by atoms with Crippen LogP contribution in [0.1, 0.15) is 45.4 Å². The fraction of sp³-hybridized carbons (Fsp3) is 0.929. The van der Waals surface area contributed by atoms with Crippen LogP contribution in [0.3, 0.4) is 0 Å². The Morgan fingerprint density at radius 3 is 2.83 bits per heavy atom. The van der Waals surface area contributed by atoms with Crippen molar-refractivity contribution in [2.24, 2.45) is 11.8 Å². The van der Waals surface area contributed by atoms with E-state index < -0.39 is 0 Å². The average Bonchev–Trinajstić information content (AvgIpc) is 2.39. The Bertz CT molecular complexity index is 283. The molecule has 0 spiro atoms. The molecule has 1 saturated carbocycles. The molecule has 4 unspecified atom stereocenters. The first-order chi connectivity index (χ1) is 8.70. The van der Waals surface area contributed by atoms with E-state index in [-0.39, 0.29) is 30.5 Å². The summed E-state index contributed by atoms with van der Waals surface area (Å²) in [7, 11) is 0. The number of carbonyl (C=O) groups excluding carboxylic acids is 1. The van der Waals surface area contributed by atoms with Crippen molar-refractivity contribution in [1.82, 2.24) is 10.6 Å². The van der Waals surface area contributed by atoms with Gasteiger partial charge in [0.1, 0.15) is 0 Å². The Morgan fingerprint density at radius 1 is 1.33 bits per heavy atom. The zero-order valence-corrected chi connectivity index (χ0v) is 11.3. The van der Waals surface area contributed by atoms with Gasteiger partial charge >= 0.3 is 0 Å². The Morgan fingerprint density at radius 2 is 2.11 bits per heavy atom. The lowest BCUT2D eigenvalue weighted by Crippen LogP contribution is -2.53. The molecular weight excluding hydrogens is 228 g/mol. The number of piperidine rings is 1. The Hall–Kier alpha value is -0.610. The summed E-state index contributed by atoms with van der Waals surface area (Å²) in [5.74, 6) is 1.01. The summed E-state index contributed by atoms with van der Waals surface area (Å²) in [6.45, 7) is 3.34. The van der Waals surface area contributed by atoms with Crippen LogP contribution in [0.25, 0.3) is 0 Å². The minimum atomic E-state index is -0.0324. The molecule has 1 aliphatic heterocycles. The summed E-state index contributed by atoms with van der Waals surface area (Å²) in [4.78, 5) is 12.2. The molecule has 2 aliphatic rings. The van der Waals surface area contributed by atoms with Crippen LogP contribution in [0.15, 0.2) is 0 Å². The minimum Gasteiger partial charge on any atom is -0.396 e. The van der Waals surface area contributed by atoms with Gasteiger partial charge in [-0.2, -0.15) is 0 Å². The molecule has 1 aliphatic carbocycles. The lowest BCUT2D eigenvalue weighted by molar-refractivity contribution is -0.125. The highest BCUT2D eigenvalue weighted by molar-refractivity contribution is 5.82. The third-order valence-electron chi connectivity index (χ3n) is 4.45. The number of amides is 1. The predicted octanol–water partition coefficient (Wildman–Crippen LogP) is 1.04. The number of hydrogen-bond acceptors (Lipinski definition) is 3. The van der Waals surface area contributed by atoms with Crippen molar-refractivity contribution in [1.29, 1.82) is 0 Å². The number of hydrogen-bond donors (Lipinski definition) is 3. The summed E-state index contributed by atoms with van der Waals surface area (Å²) < 4.78 is 0. The van der Waals surface area contributed by atoms with Gasteiger partial charge in [0, 0.05) is 18.6 Å². The maximum absolute atomic E-state index is 12.2. The zero-order chi connectivity index (χ0) is 13.0. The van der Waals surface area contributed by atoms with E-state index in [0.717, 1.165) is 38.6 Å². The van der Waals surface area contributed by atoms with E-state index in [2.05, 4.69) is 17.6 Å².